The molecule has 0 saturated heterocycles. The molecule has 0 aliphatic rings. The van der Waals surface area contributed by atoms with E-state index in [9.17, 15) is 26.3 Å². The van der Waals surface area contributed by atoms with E-state index in [2.05, 4.69) is 41.2 Å². The van der Waals surface area contributed by atoms with Gasteiger partial charge in [0.25, 0.3) is 0 Å². The Morgan fingerprint density at radius 1 is 0.750 bits per heavy atom. The smallest absolute Gasteiger partial charge is 0.282 e. The van der Waals surface area contributed by atoms with Gasteiger partial charge in [0, 0.05) is 48.2 Å². The molecule has 0 aliphatic heterocycles. The Kier molecular flexibility index (Phi) is 13.4. The first-order chi connectivity index (χ1) is 16.5. The topological polar surface area (TPSA) is 72.3 Å². The van der Waals surface area contributed by atoms with Gasteiger partial charge in [-0.05, 0) is 47.5 Å². The molecule has 6 nitrogen and oxygen atoms in total. The van der Waals surface area contributed by atoms with Crippen molar-refractivity contribution in [3.63, 3.8) is 0 Å². The summed E-state index contributed by atoms with van der Waals surface area (Å²) in [6, 6.07) is 10.2. The summed E-state index contributed by atoms with van der Waals surface area (Å²) in [6.45, 7) is 0.445. The normalized spacial score (nSPS) is 10.9. The maximum absolute atomic E-state index is 12.1. The molecular weight excluding hydrogens is 622 g/mol. The van der Waals surface area contributed by atoms with Gasteiger partial charge in [0.15, 0.2) is 0 Å². The lowest BCUT2D eigenvalue weighted by atomic mass is 10.3. The van der Waals surface area contributed by atoms with Gasteiger partial charge in [-0.3, -0.25) is 19.7 Å². The van der Waals surface area contributed by atoms with Crippen LogP contribution >= 0.6 is 32.9 Å². The minimum absolute atomic E-state index is 0. The van der Waals surface area contributed by atoms with Crippen LogP contribution in [0.4, 0.5) is 26.3 Å². The Hall–Kier alpha value is -2.74. The molecule has 1 N–H and O–H groups in total. The van der Waals surface area contributed by atoms with Gasteiger partial charge < -0.3 is 0 Å². The number of hydrogen-bond acceptors (Lipinski definition) is 4. The number of H-pyrrole nitrogens is 1. The molecule has 0 radical (unpaired) electrons. The summed E-state index contributed by atoms with van der Waals surface area (Å²) < 4.78 is 72.6. The fraction of sp³-hybridized carbons (Fsp3) is 0.273. The molecule has 0 amide bonds. The number of aromatic nitrogens is 6. The molecule has 0 atom stereocenters. The number of pyridine rings is 2. The average molecular weight is 644 g/mol. The van der Waals surface area contributed by atoms with Crippen LogP contribution in [0.2, 0.25) is 0 Å². The molecule has 36 heavy (non-hydrogen) atoms. The van der Waals surface area contributed by atoms with Crippen LogP contribution in [0.15, 0.2) is 73.6 Å². The van der Waals surface area contributed by atoms with Gasteiger partial charge in [-0.15, -0.1) is 17.0 Å². The van der Waals surface area contributed by atoms with E-state index in [0.717, 1.165) is 10.9 Å². The fourth-order valence-corrected chi connectivity index (χ4v) is 2.91. The highest BCUT2D eigenvalue weighted by Gasteiger charge is 2.29. The minimum Gasteiger partial charge on any atom is -0.282 e. The lowest BCUT2D eigenvalue weighted by molar-refractivity contribution is -0.128. The zero-order chi connectivity index (χ0) is 25.7. The Labute approximate surface area is 222 Å². The third-order valence-electron chi connectivity index (χ3n) is 4.02. The molecule has 0 unspecified atom stereocenters. The lowest BCUT2D eigenvalue weighted by Crippen LogP contribution is -2.12. The summed E-state index contributed by atoms with van der Waals surface area (Å²) in [4.78, 5) is 7.73. The molecule has 4 aromatic rings. The third-order valence-corrected chi connectivity index (χ3v) is 4.67. The predicted molar refractivity (Wildman–Crippen MR) is 131 cm³/mol. The van der Waals surface area contributed by atoms with E-state index in [0.29, 0.717) is 6.54 Å². The molecule has 0 aromatic carbocycles. The Morgan fingerprint density at radius 3 is 1.75 bits per heavy atom. The van der Waals surface area contributed by atoms with Crippen LogP contribution in [-0.2, 0) is 24.7 Å². The number of hydrogen-bond donors (Lipinski definition) is 1. The van der Waals surface area contributed by atoms with E-state index in [1.54, 1.807) is 43.1 Å². The monoisotopic (exact) mass is 642 g/mol. The van der Waals surface area contributed by atoms with Crippen LogP contribution < -0.4 is 0 Å². The predicted octanol–water partition coefficient (Wildman–Crippen LogP) is 6.50. The van der Waals surface area contributed by atoms with E-state index in [1.807, 2.05) is 12.1 Å². The average Bonchev–Trinajstić information content (AvgIpc) is 3.46. The van der Waals surface area contributed by atoms with Crippen molar-refractivity contribution in [3.05, 3.63) is 96.1 Å². The quantitative estimate of drug-likeness (QED) is 0.199. The van der Waals surface area contributed by atoms with Crippen molar-refractivity contribution >= 4 is 32.9 Å². The maximum Gasteiger partial charge on any atom is 0.394 e. The first-order valence-electron chi connectivity index (χ1n) is 10.0. The van der Waals surface area contributed by atoms with Crippen LogP contribution in [0, 0.1) is 0 Å². The van der Waals surface area contributed by atoms with Crippen molar-refractivity contribution in [3.8, 4) is 0 Å². The number of halogens is 8. The summed E-state index contributed by atoms with van der Waals surface area (Å²) in [5, 5.41) is 10.4. The Balaban J connectivity index is 0.000000291. The second-order valence-corrected chi connectivity index (χ2v) is 7.58. The highest BCUT2D eigenvalue weighted by Crippen LogP contribution is 2.20. The summed E-state index contributed by atoms with van der Waals surface area (Å²) >= 11 is 3.33. The van der Waals surface area contributed by atoms with Crippen molar-refractivity contribution in [1.29, 1.82) is 0 Å². The number of nitrogens with one attached hydrogen (secondary N) is 1. The summed E-state index contributed by atoms with van der Waals surface area (Å²) in [5.74, 6) is 0. The zero-order valence-electron chi connectivity index (χ0n) is 18.5. The molecular formula is C22H22Br2F6N6. The molecule has 4 rings (SSSR count). The number of alkyl halides is 7. The van der Waals surface area contributed by atoms with E-state index in [1.165, 1.54) is 28.6 Å². The molecule has 4 aromatic heterocycles. The molecule has 14 heteroatoms. The molecule has 0 fully saturated rings. The van der Waals surface area contributed by atoms with E-state index >= 15 is 0 Å². The first-order valence-corrected chi connectivity index (χ1v) is 11.1. The zero-order valence-corrected chi connectivity index (χ0v) is 21.8. The fourth-order valence-electron chi connectivity index (χ4n) is 2.54. The number of rotatable bonds is 5. The van der Waals surface area contributed by atoms with Crippen LogP contribution in [0.3, 0.4) is 0 Å². The van der Waals surface area contributed by atoms with Gasteiger partial charge in [-0.2, -0.15) is 36.5 Å². The molecule has 196 valence electrons. The SMILES string of the molecule is Br.BrCc1ccncc1.FC(F)(F)Cc1ccn(Cc2ccncc2)n1.FC(F)(F)Cc1ccn[nH]1. The van der Waals surface area contributed by atoms with Gasteiger partial charge >= 0.3 is 12.4 Å². The van der Waals surface area contributed by atoms with Gasteiger partial charge in [0.1, 0.15) is 0 Å². The van der Waals surface area contributed by atoms with Crippen molar-refractivity contribution in [1.82, 2.24) is 29.9 Å². The molecule has 0 bridgehead atoms. The van der Waals surface area contributed by atoms with Crippen molar-refractivity contribution in [2.75, 3.05) is 0 Å². The van der Waals surface area contributed by atoms with E-state index in [4.69, 9.17) is 0 Å². The van der Waals surface area contributed by atoms with E-state index in [-0.39, 0.29) is 28.4 Å². The minimum atomic E-state index is -4.21. The molecule has 0 spiro atoms. The van der Waals surface area contributed by atoms with Crippen LogP contribution in [0.5, 0.6) is 0 Å². The number of nitrogens with zero attached hydrogens (tertiary/aromatic N) is 5. The maximum atomic E-state index is 12.1. The third kappa shape index (κ3) is 14.0. The van der Waals surface area contributed by atoms with Crippen LogP contribution in [-0.4, -0.2) is 42.3 Å². The van der Waals surface area contributed by atoms with Crippen molar-refractivity contribution in [2.45, 2.75) is 37.1 Å². The summed E-state index contributed by atoms with van der Waals surface area (Å²) in [6.07, 6.45) is -0.605. The van der Waals surface area contributed by atoms with Gasteiger partial charge in [0.2, 0.25) is 0 Å². The van der Waals surface area contributed by atoms with Crippen molar-refractivity contribution in [2.24, 2.45) is 0 Å². The molecule has 4 heterocycles. The number of aromatic amines is 1. The standard InChI is InChI=1S/C11H10F3N3.C6H6BrN.C5H5F3N2.BrH/c12-11(13,14)7-10-3-6-17(16-10)8-9-1-4-15-5-2-9;7-5-6-1-3-8-4-2-6;6-5(7,8)3-4-1-2-9-10-4;/h1-6H,7-8H2;1-4H,5H2;1-2H,3H2,(H,9,10);1H. The van der Waals surface area contributed by atoms with Gasteiger partial charge in [-0.1, -0.05) is 15.9 Å². The lowest BCUT2D eigenvalue weighted by Gasteiger charge is -2.03. The van der Waals surface area contributed by atoms with Crippen LogP contribution in [0.25, 0.3) is 0 Å². The largest absolute Gasteiger partial charge is 0.394 e. The van der Waals surface area contributed by atoms with Crippen molar-refractivity contribution < 1.29 is 26.3 Å². The Morgan fingerprint density at radius 2 is 1.31 bits per heavy atom. The van der Waals surface area contributed by atoms with Gasteiger partial charge in [0.05, 0.1) is 25.1 Å². The second kappa shape index (κ2) is 15.4. The van der Waals surface area contributed by atoms with Crippen LogP contribution in [0.1, 0.15) is 22.5 Å². The second-order valence-electron chi connectivity index (χ2n) is 7.01. The van der Waals surface area contributed by atoms with E-state index < -0.39 is 25.2 Å². The first kappa shape index (κ1) is 31.3. The van der Waals surface area contributed by atoms with Gasteiger partial charge in [-0.25, -0.2) is 0 Å². The molecule has 0 saturated carbocycles. The Bertz CT molecular complexity index is 1090. The highest BCUT2D eigenvalue weighted by atomic mass is 79.9. The summed E-state index contributed by atoms with van der Waals surface area (Å²) in [7, 11) is 0. The summed E-state index contributed by atoms with van der Waals surface area (Å²) in [5.41, 5.74) is 2.33. The molecule has 0 aliphatic carbocycles. The highest BCUT2D eigenvalue weighted by molar-refractivity contribution is 9.08.